The molecule has 0 aromatic carbocycles. The molecule has 3 aliphatic rings. The summed E-state index contributed by atoms with van der Waals surface area (Å²) in [6.45, 7) is 7.91. The average Bonchev–Trinajstić information content (AvgIpc) is 3.18. The van der Waals surface area contributed by atoms with Crippen molar-refractivity contribution < 1.29 is 9.53 Å². The van der Waals surface area contributed by atoms with Crippen LogP contribution in [-0.4, -0.2) is 41.8 Å². The SMILES string of the molecule is CC(C)(C)OC(=O)N1CCCC1C1CCCCC1NCC1CC1. The number of ether oxygens (including phenoxy) is 1. The number of rotatable bonds is 4. The Morgan fingerprint density at radius 2 is 1.83 bits per heavy atom. The molecule has 4 heteroatoms. The molecular formula is C19H34N2O2. The maximum absolute atomic E-state index is 12.6. The van der Waals surface area contributed by atoms with Crippen LogP contribution in [0.5, 0.6) is 0 Å². The molecule has 0 radical (unpaired) electrons. The molecule has 23 heavy (non-hydrogen) atoms. The third-order valence-electron chi connectivity index (χ3n) is 5.61. The Hall–Kier alpha value is -0.770. The van der Waals surface area contributed by atoms with E-state index in [1.54, 1.807) is 0 Å². The number of nitrogens with one attached hydrogen (secondary N) is 1. The molecule has 0 aromatic heterocycles. The van der Waals surface area contributed by atoms with Gasteiger partial charge in [0.25, 0.3) is 0 Å². The van der Waals surface area contributed by atoms with Gasteiger partial charge in [-0.05, 0) is 77.7 Å². The van der Waals surface area contributed by atoms with Crippen molar-refractivity contribution in [1.82, 2.24) is 10.2 Å². The van der Waals surface area contributed by atoms with Crippen molar-refractivity contribution >= 4 is 6.09 Å². The van der Waals surface area contributed by atoms with Crippen LogP contribution in [0.4, 0.5) is 4.79 Å². The van der Waals surface area contributed by atoms with Gasteiger partial charge in [-0.3, -0.25) is 0 Å². The lowest BCUT2D eigenvalue weighted by atomic mass is 9.79. The van der Waals surface area contributed by atoms with Gasteiger partial charge in [-0.25, -0.2) is 4.79 Å². The third-order valence-corrected chi connectivity index (χ3v) is 5.61. The van der Waals surface area contributed by atoms with Gasteiger partial charge in [0.2, 0.25) is 0 Å². The molecule has 1 saturated heterocycles. The smallest absolute Gasteiger partial charge is 0.410 e. The van der Waals surface area contributed by atoms with Gasteiger partial charge < -0.3 is 15.0 Å². The summed E-state index contributed by atoms with van der Waals surface area (Å²) in [4.78, 5) is 14.6. The van der Waals surface area contributed by atoms with E-state index in [-0.39, 0.29) is 6.09 Å². The van der Waals surface area contributed by atoms with E-state index in [2.05, 4.69) is 5.32 Å². The van der Waals surface area contributed by atoms with Crippen LogP contribution in [0.25, 0.3) is 0 Å². The molecule has 4 nitrogen and oxygen atoms in total. The van der Waals surface area contributed by atoms with E-state index >= 15 is 0 Å². The molecule has 3 fully saturated rings. The summed E-state index contributed by atoms with van der Waals surface area (Å²) in [7, 11) is 0. The van der Waals surface area contributed by atoms with Gasteiger partial charge in [0, 0.05) is 18.6 Å². The zero-order valence-electron chi connectivity index (χ0n) is 15.1. The highest BCUT2D eigenvalue weighted by atomic mass is 16.6. The second kappa shape index (κ2) is 7.00. The number of hydrogen-bond donors (Lipinski definition) is 1. The van der Waals surface area contributed by atoms with Crippen LogP contribution >= 0.6 is 0 Å². The van der Waals surface area contributed by atoms with Crippen LogP contribution in [-0.2, 0) is 4.74 Å². The van der Waals surface area contributed by atoms with Crippen molar-refractivity contribution in [2.45, 2.75) is 89.8 Å². The van der Waals surface area contributed by atoms with Crippen LogP contribution in [0.2, 0.25) is 0 Å². The lowest BCUT2D eigenvalue weighted by Gasteiger charge is -2.40. The first-order valence-electron chi connectivity index (χ1n) is 9.67. The van der Waals surface area contributed by atoms with E-state index in [1.807, 2.05) is 25.7 Å². The summed E-state index contributed by atoms with van der Waals surface area (Å²) < 4.78 is 5.65. The van der Waals surface area contributed by atoms with Crippen molar-refractivity contribution in [2.24, 2.45) is 11.8 Å². The van der Waals surface area contributed by atoms with E-state index in [0.29, 0.717) is 18.0 Å². The van der Waals surface area contributed by atoms with E-state index in [1.165, 1.54) is 45.1 Å². The van der Waals surface area contributed by atoms with Crippen LogP contribution in [0, 0.1) is 11.8 Å². The zero-order valence-corrected chi connectivity index (χ0v) is 15.1. The number of amides is 1. The minimum Gasteiger partial charge on any atom is -0.444 e. The molecule has 2 aliphatic carbocycles. The first-order chi connectivity index (χ1) is 10.9. The Labute approximate surface area is 141 Å². The Morgan fingerprint density at radius 3 is 2.52 bits per heavy atom. The average molecular weight is 322 g/mol. The molecule has 1 aliphatic heterocycles. The van der Waals surface area contributed by atoms with Gasteiger partial charge in [-0.2, -0.15) is 0 Å². The molecule has 3 rings (SSSR count). The van der Waals surface area contributed by atoms with Crippen LogP contribution in [0.1, 0.15) is 72.1 Å². The summed E-state index contributed by atoms with van der Waals surface area (Å²) in [5.41, 5.74) is -0.402. The van der Waals surface area contributed by atoms with Crippen molar-refractivity contribution in [1.29, 1.82) is 0 Å². The quantitative estimate of drug-likeness (QED) is 0.852. The molecule has 0 bridgehead atoms. The highest BCUT2D eigenvalue weighted by Crippen LogP contribution is 2.36. The molecule has 1 N–H and O–H groups in total. The van der Waals surface area contributed by atoms with Gasteiger partial charge in [0.15, 0.2) is 0 Å². The molecule has 0 aromatic rings. The van der Waals surface area contributed by atoms with Gasteiger partial charge in [0.1, 0.15) is 5.60 Å². The largest absolute Gasteiger partial charge is 0.444 e. The number of nitrogens with zero attached hydrogens (tertiary/aromatic N) is 1. The van der Waals surface area contributed by atoms with Crippen LogP contribution in [0.15, 0.2) is 0 Å². The fourth-order valence-corrected chi connectivity index (χ4v) is 4.30. The summed E-state index contributed by atoms with van der Waals surface area (Å²) in [6.07, 6.45) is 10.1. The molecule has 3 atom stereocenters. The van der Waals surface area contributed by atoms with Crippen LogP contribution in [0.3, 0.4) is 0 Å². The monoisotopic (exact) mass is 322 g/mol. The summed E-state index contributed by atoms with van der Waals surface area (Å²) in [5, 5.41) is 3.84. The lowest BCUT2D eigenvalue weighted by molar-refractivity contribution is 0.0133. The number of carbonyl (C=O) groups excluding carboxylic acids is 1. The Balaban J connectivity index is 1.62. The highest BCUT2D eigenvalue weighted by Gasteiger charge is 2.41. The predicted octanol–water partition coefficient (Wildman–Crippen LogP) is 3.94. The summed E-state index contributed by atoms with van der Waals surface area (Å²) >= 11 is 0. The second-order valence-corrected chi connectivity index (χ2v) is 8.79. The van der Waals surface area contributed by atoms with Gasteiger partial charge in [0.05, 0.1) is 0 Å². The maximum Gasteiger partial charge on any atom is 0.410 e. The lowest BCUT2D eigenvalue weighted by Crippen LogP contribution is -2.51. The molecule has 0 spiro atoms. The molecule has 2 saturated carbocycles. The summed E-state index contributed by atoms with van der Waals surface area (Å²) in [5.74, 6) is 1.53. The van der Waals surface area contributed by atoms with Crippen molar-refractivity contribution in [3.05, 3.63) is 0 Å². The van der Waals surface area contributed by atoms with Crippen LogP contribution < -0.4 is 5.32 Å². The first-order valence-corrected chi connectivity index (χ1v) is 9.67. The molecule has 132 valence electrons. The molecular weight excluding hydrogens is 288 g/mol. The second-order valence-electron chi connectivity index (χ2n) is 8.79. The first kappa shape index (κ1) is 17.1. The van der Waals surface area contributed by atoms with Crippen molar-refractivity contribution in [2.75, 3.05) is 13.1 Å². The Bertz CT molecular complexity index is 414. The minimum atomic E-state index is -0.402. The summed E-state index contributed by atoms with van der Waals surface area (Å²) in [6, 6.07) is 0.972. The van der Waals surface area contributed by atoms with Crippen molar-refractivity contribution in [3.8, 4) is 0 Å². The topological polar surface area (TPSA) is 41.6 Å². The molecule has 3 unspecified atom stereocenters. The third kappa shape index (κ3) is 4.62. The van der Waals surface area contributed by atoms with Gasteiger partial charge in [-0.15, -0.1) is 0 Å². The van der Waals surface area contributed by atoms with Gasteiger partial charge >= 0.3 is 6.09 Å². The number of likely N-dealkylation sites (tertiary alicyclic amines) is 1. The number of hydrogen-bond acceptors (Lipinski definition) is 3. The fraction of sp³-hybridized carbons (Fsp3) is 0.947. The molecule has 1 heterocycles. The van der Waals surface area contributed by atoms with Crippen molar-refractivity contribution in [3.63, 3.8) is 0 Å². The van der Waals surface area contributed by atoms with E-state index in [9.17, 15) is 4.79 Å². The maximum atomic E-state index is 12.6. The van der Waals surface area contributed by atoms with Gasteiger partial charge in [-0.1, -0.05) is 12.8 Å². The Morgan fingerprint density at radius 1 is 1.09 bits per heavy atom. The Kier molecular flexibility index (Phi) is 5.19. The predicted molar refractivity (Wildman–Crippen MR) is 92.4 cm³/mol. The standard InChI is InChI=1S/C19H34N2O2/c1-19(2,3)23-18(22)21-12-6-9-17(21)15-7-4-5-8-16(15)20-13-14-10-11-14/h14-17,20H,4-13H2,1-3H3. The minimum absolute atomic E-state index is 0.105. The molecule has 1 amide bonds. The van der Waals surface area contributed by atoms with E-state index in [0.717, 1.165) is 25.3 Å². The fourth-order valence-electron chi connectivity index (χ4n) is 4.30. The number of carbonyl (C=O) groups is 1. The van der Waals surface area contributed by atoms with E-state index < -0.39 is 5.60 Å². The van der Waals surface area contributed by atoms with E-state index in [4.69, 9.17) is 4.74 Å². The normalized spacial score (nSPS) is 32.1. The highest BCUT2D eigenvalue weighted by molar-refractivity contribution is 5.69. The zero-order chi connectivity index (χ0) is 16.4.